The van der Waals surface area contributed by atoms with Gasteiger partial charge in [-0.1, -0.05) is 49.0 Å². The monoisotopic (exact) mass is 368 g/mol. The molecule has 2 aromatic heterocycles. The molecule has 4 rings (SSSR count). The molecule has 0 radical (unpaired) electrons. The first kappa shape index (κ1) is 17.2. The predicted molar refractivity (Wildman–Crippen MR) is 105 cm³/mol. The van der Waals surface area contributed by atoms with E-state index < -0.39 is 0 Å². The fraction of sp³-hybridized carbons (Fsp3) is 0.400. The molecule has 0 aliphatic carbocycles. The molecular formula is C20H24N4OS. The van der Waals surface area contributed by atoms with E-state index >= 15 is 0 Å². The topological polar surface area (TPSA) is 47.1 Å². The zero-order valence-electron chi connectivity index (χ0n) is 15.0. The van der Waals surface area contributed by atoms with Gasteiger partial charge in [0.1, 0.15) is 5.76 Å². The van der Waals surface area contributed by atoms with Crippen LogP contribution in [0.25, 0.3) is 0 Å². The summed E-state index contributed by atoms with van der Waals surface area (Å²) in [5, 5.41) is 10.4. The molecule has 3 heterocycles. The van der Waals surface area contributed by atoms with Crippen molar-refractivity contribution in [3.63, 3.8) is 0 Å². The molecule has 1 aliphatic rings. The number of hydrogen-bond donors (Lipinski definition) is 0. The number of aromatic nitrogens is 3. The largest absolute Gasteiger partial charge is 0.467 e. The molecule has 0 N–H and O–H groups in total. The van der Waals surface area contributed by atoms with Gasteiger partial charge in [0, 0.05) is 18.3 Å². The van der Waals surface area contributed by atoms with E-state index in [1.165, 1.54) is 18.4 Å². The molecule has 0 bridgehead atoms. The lowest BCUT2D eigenvalue weighted by Gasteiger charge is -2.19. The molecule has 0 saturated carbocycles. The second-order valence-corrected chi connectivity index (χ2v) is 7.74. The Kier molecular flexibility index (Phi) is 5.29. The number of hydrogen-bond acceptors (Lipinski definition) is 5. The summed E-state index contributed by atoms with van der Waals surface area (Å²) in [7, 11) is 0. The number of nitrogens with zero attached hydrogens (tertiary/aromatic N) is 4. The van der Waals surface area contributed by atoms with Crippen molar-refractivity contribution in [2.75, 3.05) is 18.0 Å². The summed E-state index contributed by atoms with van der Waals surface area (Å²) < 4.78 is 7.80. The summed E-state index contributed by atoms with van der Waals surface area (Å²) in [6.07, 6.45) is 5.21. The molecule has 1 unspecified atom stereocenters. The molecule has 26 heavy (non-hydrogen) atoms. The van der Waals surface area contributed by atoms with Gasteiger partial charge in [-0.15, -0.1) is 10.2 Å². The van der Waals surface area contributed by atoms with E-state index in [0.717, 1.165) is 36.4 Å². The minimum Gasteiger partial charge on any atom is -0.467 e. The summed E-state index contributed by atoms with van der Waals surface area (Å²) in [6, 6.07) is 14.6. The average Bonchev–Trinajstić information content (AvgIpc) is 3.43. The highest BCUT2D eigenvalue weighted by Gasteiger charge is 2.24. The Morgan fingerprint density at radius 2 is 1.88 bits per heavy atom. The van der Waals surface area contributed by atoms with E-state index in [0.29, 0.717) is 11.8 Å². The predicted octanol–water partition coefficient (Wildman–Crippen LogP) is 4.76. The van der Waals surface area contributed by atoms with Crippen molar-refractivity contribution in [3.8, 4) is 0 Å². The molecule has 1 atom stereocenters. The van der Waals surface area contributed by atoms with Crippen molar-refractivity contribution in [3.05, 3.63) is 60.1 Å². The molecule has 1 aromatic carbocycles. The standard InChI is InChI=1S/C20H24N4OS/c1-2-18(16-9-4-3-5-10-16)26-20-22-21-19(23-12-6-7-13-23)24(20)15-17-11-8-14-25-17/h3-5,8-11,14,18H,2,6-7,12-13,15H2,1H3. The zero-order valence-corrected chi connectivity index (χ0v) is 15.9. The van der Waals surface area contributed by atoms with Crippen molar-refractivity contribution >= 4 is 17.7 Å². The summed E-state index contributed by atoms with van der Waals surface area (Å²) in [5.41, 5.74) is 1.33. The number of rotatable bonds is 7. The molecule has 5 nitrogen and oxygen atoms in total. The SMILES string of the molecule is CCC(Sc1nnc(N2CCCC2)n1Cc1ccco1)c1ccccc1. The van der Waals surface area contributed by atoms with E-state index in [2.05, 4.69) is 56.9 Å². The Balaban J connectivity index is 1.64. The number of furan rings is 1. The Labute approximate surface area is 158 Å². The lowest BCUT2D eigenvalue weighted by atomic mass is 10.1. The third-order valence-corrected chi connectivity index (χ3v) is 6.17. The maximum atomic E-state index is 5.59. The number of benzene rings is 1. The lowest BCUT2D eigenvalue weighted by Crippen LogP contribution is -2.22. The van der Waals surface area contributed by atoms with Crippen LogP contribution in [0.2, 0.25) is 0 Å². The molecule has 3 aromatic rings. The first-order chi connectivity index (χ1) is 12.8. The van der Waals surface area contributed by atoms with Crippen LogP contribution in [-0.2, 0) is 6.54 Å². The highest BCUT2D eigenvalue weighted by molar-refractivity contribution is 7.99. The summed E-state index contributed by atoms with van der Waals surface area (Å²) >= 11 is 1.79. The van der Waals surface area contributed by atoms with Gasteiger partial charge < -0.3 is 9.32 Å². The Morgan fingerprint density at radius 3 is 2.58 bits per heavy atom. The van der Waals surface area contributed by atoms with E-state index in [4.69, 9.17) is 4.42 Å². The second-order valence-electron chi connectivity index (χ2n) is 6.57. The summed E-state index contributed by atoms with van der Waals surface area (Å²) in [5.74, 6) is 1.89. The van der Waals surface area contributed by atoms with E-state index in [1.807, 2.05) is 12.1 Å². The van der Waals surface area contributed by atoms with Gasteiger partial charge in [0.05, 0.1) is 12.8 Å². The highest BCUT2D eigenvalue weighted by atomic mass is 32.2. The fourth-order valence-electron chi connectivity index (χ4n) is 3.40. The third kappa shape index (κ3) is 3.65. The van der Waals surface area contributed by atoms with Gasteiger partial charge in [-0.05, 0) is 37.0 Å². The lowest BCUT2D eigenvalue weighted by molar-refractivity contribution is 0.483. The summed E-state index contributed by atoms with van der Waals surface area (Å²) in [4.78, 5) is 2.34. The van der Waals surface area contributed by atoms with Crippen molar-refractivity contribution in [1.82, 2.24) is 14.8 Å². The van der Waals surface area contributed by atoms with Gasteiger partial charge in [-0.3, -0.25) is 4.57 Å². The van der Waals surface area contributed by atoms with Crippen molar-refractivity contribution in [1.29, 1.82) is 0 Å². The molecule has 1 saturated heterocycles. The van der Waals surface area contributed by atoms with Gasteiger partial charge in [0.25, 0.3) is 0 Å². The summed E-state index contributed by atoms with van der Waals surface area (Å²) in [6.45, 7) is 4.99. The van der Waals surface area contributed by atoms with Crippen LogP contribution >= 0.6 is 11.8 Å². The molecule has 6 heteroatoms. The average molecular weight is 369 g/mol. The quantitative estimate of drug-likeness (QED) is 0.563. The minimum atomic E-state index is 0.363. The van der Waals surface area contributed by atoms with E-state index in [-0.39, 0.29) is 0 Å². The smallest absolute Gasteiger partial charge is 0.228 e. The normalized spacial score (nSPS) is 15.5. The van der Waals surface area contributed by atoms with Gasteiger partial charge in [0.2, 0.25) is 5.95 Å². The maximum absolute atomic E-state index is 5.59. The molecule has 136 valence electrons. The van der Waals surface area contributed by atoms with Crippen LogP contribution in [0.4, 0.5) is 5.95 Å². The van der Waals surface area contributed by atoms with Crippen LogP contribution in [-0.4, -0.2) is 27.9 Å². The van der Waals surface area contributed by atoms with Crippen LogP contribution in [0.3, 0.4) is 0 Å². The highest BCUT2D eigenvalue weighted by Crippen LogP contribution is 2.38. The molecule has 0 amide bonds. The van der Waals surface area contributed by atoms with E-state index in [9.17, 15) is 0 Å². The fourth-order valence-corrected chi connectivity index (χ4v) is 4.47. The van der Waals surface area contributed by atoms with Crippen LogP contribution in [0, 0.1) is 0 Å². The third-order valence-electron chi connectivity index (χ3n) is 4.77. The minimum absolute atomic E-state index is 0.363. The van der Waals surface area contributed by atoms with E-state index in [1.54, 1.807) is 18.0 Å². The molecule has 0 spiro atoms. The van der Waals surface area contributed by atoms with Gasteiger partial charge >= 0.3 is 0 Å². The van der Waals surface area contributed by atoms with Crippen LogP contribution in [0.1, 0.15) is 42.8 Å². The van der Waals surface area contributed by atoms with Crippen LogP contribution in [0.15, 0.2) is 58.3 Å². The van der Waals surface area contributed by atoms with Crippen LogP contribution < -0.4 is 4.90 Å². The van der Waals surface area contributed by atoms with Crippen LogP contribution in [0.5, 0.6) is 0 Å². The molecule has 1 aliphatic heterocycles. The first-order valence-electron chi connectivity index (χ1n) is 9.27. The van der Waals surface area contributed by atoms with Gasteiger partial charge in [0.15, 0.2) is 5.16 Å². The second kappa shape index (κ2) is 7.99. The van der Waals surface area contributed by atoms with Crippen molar-refractivity contribution in [2.45, 2.75) is 43.1 Å². The maximum Gasteiger partial charge on any atom is 0.228 e. The molecular weight excluding hydrogens is 344 g/mol. The number of anilines is 1. The van der Waals surface area contributed by atoms with Gasteiger partial charge in [-0.2, -0.15) is 0 Å². The Hall–Kier alpha value is -2.21. The zero-order chi connectivity index (χ0) is 17.8. The Bertz CT molecular complexity index is 810. The number of thioether (sulfide) groups is 1. The van der Waals surface area contributed by atoms with Crippen molar-refractivity contribution < 1.29 is 4.42 Å². The molecule has 1 fully saturated rings. The van der Waals surface area contributed by atoms with Crippen molar-refractivity contribution in [2.24, 2.45) is 0 Å². The first-order valence-corrected chi connectivity index (χ1v) is 10.1. The van der Waals surface area contributed by atoms with Gasteiger partial charge in [-0.25, -0.2) is 0 Å². The Morgan fingerprint density at radius 1 is 1.08 bits per heavy atom.